The number of anilines is 1. The number of nitrogens with one attached hydrogen (secondary N) is 2. The Morgan fingerprint density at radius 3 is 2.60 bits per heavy atom. The molecule has 0 amide bonds. The van der Waals surface area contributed by atoms with Crippen LogP contribution < -0.4 is 10.6 Å². The van der Waals surface area contributed by atoms with Crippen LogP contribution in [0.3, 0.4) is 0 Å². The van der Waals surface area contributed by atoms with E-state index in [9.17, 15) is 13.2 Å². The minimum absolute atomic E-state index is 0.183. The summed E-state index contributed by atoms with van der Waals surface area (Å²) >= 11 is 0. The van der Waals surface area contributed by atoms with Crippen molar-refractivity contribution in [3.63, 3.8) is 0 Å². The van der Waals surface area contributed by atoms with Gasteiger partial charge in [-0.15, -0.1) is 0 Å². The molecule has 2 N–H and O–H groups in total. The SMILES string of the molecule is Cn1cc(-c2cc(F)c3cnc(NCC4CCC(NCC(F)F)CC4)cc3c2)cn1. The average molecular weight is 417 g/mol. The lowest BCUT2D eigenvalue weighted by molar-refractivity contribution is 0.136. The number of halogens is 3. The summed E-state index contributed by atoms with van der Waals surface area (Å²) < 4.78 is 40.9. The maximum atomic E-state index is 14.6. The molecule has 0 unspecified atom stereocenters. The number of fused-ring (bicyclic) bond motifs is 1. The number of aromatic nitrogens is 3. The van der Waals surface area contributed by atoms with E-state index in [1.165, 1.54) is 6.07 Å². The van der Waals surface area contributed by atoms with Crippen molar-refractivity contribution in [2.24, 2.45) is 13.0 Å². The Morgan fingerprint density at radius 2 is 1.90 bits per heavy atom. The lowest BCUT2D eigenvalue weighted by Crippen LogP contribution is -2.37. The van der Waals surface area contributed by atoms with Crippen LogP contribution in [-0.2, 0) is 7.05 Å². The van der Waals surface area contributed by atoms with Crippen molar-refractivity contribution in [1.82, 2.24) is 20.1 Å². The highest BCUT2D eigenvalue weighted by Crippen LogP contribution is 2.29. The Labute approximate surface area is 173 Å². The van der Waals surface area contributed by atoms with Crippen LogP contribution in [0.15, 0.2) is 36.8 Å². The van der Waals surface area contributed by atoms with Crippen molar-refractivity contribution in [3.05, 3.63) is 42.6 Å². The Kier molecular flexibility index (Phi) is 6.22. The molecule has 2 heterocycles. The number of aryl methyl sites for hydroxylation is 1. The third-order valence-electron chi connectivity index (χ3n) is 5.80. The Hall–Kier alpha value is -2.61. The molecule has 1 aromatic carbocycles. The quantitative estimate of drug-likeness (QED) is 0.590. The molecule has 5 nitrogen and oxygen atoms in total. The van der Waals surface area contributed by atoms with E-state index in [4.69, 9.17) is 0 Å². The van der Waals surface area contributed by atoms with Gasteiger partial charge in [0.15, 0.2) is 0 Å². The first-order valence-corrected chi connectivity index (χ1v) is 10.3. The third kappa shape index (κ3) is 4.92. The molecule has 30 heavy (non-hydrogen) atoms. The van der Waals surface area contributed by atoms with Gasteiger partial charge < -0.3 is 10.6 Å². The summed E-state index contributed by atoms with van der Waals surface area (Å²) in [5.41, 5.74) is 1.64. The summed E-state index contributed by atoms with van der Waals surface area (Å²) in [6, 6.07) is 5.51. The summed E-state index contributed by atoms with van der Waals surface area (Å²) in [7, 11) is 1.83. The largest absolute Gasteiger partial charge is 0.370 e. The predicted molar refractivity (Wildman–Crippen MR) is 112 cm³/mol. The van der Waals surface area contributed by atoms with Crippen LogP contribution in [0.5, 0.6) is 0 Å². The van der Waals surface area contributed by atoms with Crippen molar-refractivity contribution < 1.29 is 13.2 Å². The molecule has 160 valence electrons. The molecule has 1 aliphatic rings. The van der Waals surface area contributed by atoms with Crippen LogP contribution in [0.25, 0.3) is 21.9 Å². The maximum Gasteiger partial charge on any atom is 0.250 e. The molecule has 8 heteroatoms. The van der Waals surface area contributed by atoms with Gasteiger partial charge in [-0.05, 0) is 60.7 Å². The van der Waals surface area contributed by atoms with E-state index in [0.717, 1.165) is 48.7 Å². The first kappa shape index (κ1) is 20.7. The molecule has 0 bridgehead atoms. The van der Waals surface area contributed by atoms with Crippen LogP contribution in [0, 0.1) is 11.7 Å². The molecule has 1 fully saturated rings. The summed E-state index contributed by atoms with van der Waals surface area (Å²) in [6.07, 6.45) is 6.62. The molecule has 0 radical (unpaired) electrons. The van der Waals surface area contributed by atoms with Crippen molar-refractivity contribution in [3.8, 4) is 11.1 Å². The van der Waals surface area contributed by atoms with E-state index in [1.54, 1.807) is 17.1 Å². The van der Waals surface area contributed by atoms with Crippen LogP contribution in [0.4, 0.5) is 19.0 Å². The number of hydrogen-bond donors (Lipinski definition) is 2. The normalized spacial score (nSPS) is 19.5. The summed E-state index contributed by atoms with van der Waals surface area (Å²) in [5, 5.41) is 11.7. The number of nitrogens with zero attached hydrogens (tertiary/aromatic N) is 3. The molecular weight excluding hydrogens is 391 g/mol. The lowest BCUT2D eigenvalue weighted by atomic mass is 9.86. The van der Waals surface area contributed by atoms with Gasteiger partial charge in [0.25, 0.3) is 6.43 Å². The van der Waals surface area contributed by atoms with Crippen LogP contribution >= 0.6 is 0 Å². The highest BCUT2D eigenvalue weighted by atomic mass is 19.3. The van der Waals surface area contributed by atoms with Gasteiger partial charge >= 0.3 is 0 Å². The monoisotopic (exact) mass is 417 g/mol. The minimum Gasteiger partial charge on any atom is -0.370 e. The van der Waals surface area contributed by atoms with Gasteiger partial charge in [-0.1, -0.05) is 0 Å². The van der Waals surface area contributed by atoms with E-state index < -0.39 is 6.43 Å². The number of alkyl halides is 2. The van der Waals surface area contributed by atoms with Gasteiger partial charge in [0.1, 0.15) is 11.6 Å². The number of benzene rings is 1. The highest BCUT2D eigenvalue weighted by Gasteiger charge is 2.21. The van der Waals surface area contributed by atoms with Gasteiger partial charge in [-0.2, -0.15) is 5.10 Å². The fraction of sp³-hybridized carbons (Fsp3) is 0.455. The molecule has 3 aromatic rings. The van der Waals surface area contributed by atoms with Crippen molar-refractivity contribution >= 4 is 16.6 Å². The molecule has 0 saturated heterocycles. The number of rotatable bonds is 7. The fourth-order valence-electron chi connectivity index (χ4n) is 4.12. The van der Waals surface area contributed by atoms with E-state index >= 15 is 0 Å². The van der Waals surface area contributed by atoms with Crippen LogP contribution in [0.1, 0.15) is 25.7 Å². The predicted octanol–water partition coefficient (Wildman–Crippen LogP) is 4.60. The van der Waals surface area contributed by atoms with Crippen LogP contribution in [-0.4, -0.2) is 40.3 Å². The lowest BCUT2D eigenvalue weighted by Gasteiger charge is -2.29. The second kappa shape index (κ2) is 9.04. The molecule has 1 aliphatic carbocycles. The maximum absolute atomic E-state index is 14.6. The first-order valence-electron chi connectivity index (χ1n) is 10.3. The fourth-order valence-corrected chi connectivity index (χ4v) is 4.12. The number of pyridine rings is 1. The molecule has 4 rings (SSSR count). The highest BCUT2D eigenvalue weighted by molar-refractivity contribution is 5.88. The molecule has 2 aromatic heterocycles. The van der Waals surface area contributed by atoms with Gasteiger partial charge in [0, 0.05) is 43.0 Å². The Balaban J connectivity index is 1.39. The van der Waals surface area contributed by atoms with Gasteiger partial charge in [-0.3, -0.25) is 4.68 Å². The second-order valence-corrected chi connectivity index (χ2v) is 8.05. The van der Waals surface area contributed by atoms with E-state index in [-0.39, 0.29) is 18.4 Å². The van der Waals surface area contributed by atoms with Crippen molar-refractivity contribution in [2.75, 3.05) is 18.4 Å². The minimum atomic E-state index is -2.30. The second-order valence-electron chi connectivity index (χ2n) is 8.05. The van der Waals surface area contributed by atoms with Gasteiger partial charge in [-0.25, -0.2) is 18.2 Å². The Morgan fingerprint density at radius 1 is 1.10 bits per heavy atom. The van der Waals surface area contributed by atoms with E-state index in [1.807, 2.05) is 25.4 Å². The average Bonchev–Trinajstić information content (AvgIpc) is 3.17. The molecule has 0 aliphatic heterocycles. The van der Waals surface area contributed by atoms with Gasteiger partial charge in [0.2, 0.25) is 0 Å². The van der Waals surface area contributed by atoms with Crippen molar-refractivity contribution in [2.45, 2.75) is 38.2 Å². The number of hydrogen-bond acceptors (Lipinski definition) is 4. The summed E-state index contributed by atoms with van der Waals surface area (Å²) in [5.74, 6) is 0.883. The molecule has 1 saturated carbocycles. The Bertz CT molecular complexity index is 996. The summed E-state index contributed by atoms with van der Waals surface area (Å²) in [4.78, 5) is 4.36. The zero-order valence-electron chi connectivity index (χ0n) is 16.9. The summed E-state index contributed by atoms with van der Waals surface area (Å²) in [6.45, 7) is 0.539. The third-order valence-corrected chi connectivity index (χ3v) is 5.80. The first-order chi connectivity index (χ1) is 14.5. The zero-order chi connectivity index (χ0) is 21.1. The topological polar surface area (TPSA) is 54.8 Å². The zero-order valence-corrected chi connectivity index (χ0v) is 16.9. The van der Waals surface area contributed by atoms with E-state index in [2.05, 4.69) is 20.7 Å². The van der Waals surface area contributed by atoms with E-state index in [0.29, 0.717) is 17.1 Å². The standard InChI is InChI=1S/C22H26F3N5/c1-30-13-17(10-29-30)15-6-16-8-22(28-11-19(16)20(23)7-15)27-9-14-2-4-18(5-3-14)26-12-21(24)25/h6-8,10-11,13-14,18,21,26H,2-5,9,12H2,1H3,(H,27,28). The molecule has 0 atom stereocenters. The van der Waals surface area contributed by atoms with Crippen molar-refractivity contribution in [1.29, 1.82) is 0 Å². The molecule has 0 spiro atoms. The van der Waals surface area contributed by atoms with Crippen LogP contribution in [0.2, 0.25) is 0 Å². The molecular formula is C22H26F3N5. The smallest absolute Gasteiger partial charge is 0.250 e. The van der Waals surface area contributed by atoms with Gasteiger partial charge in [0.05, 0.1) is 12.7 Å².